The zero-order chi connectivity index (χ0) is 12.0. The summed E-state index contributed by atoms with van der Waals surface area (Å²) in [5.74, 6) is 0. The van der Waals surface area contributed by atoms with Crippen molar-refractivity contribution in [1.82, 2.24) is 5.32 Å². The molecule has 0 radical (unpaired) electrons. The lowest BCUT2D eigenvalue weighted by Crippen LogP contribution is -2.19. The van der Waals surface area contributed by atoms with Crippen molar-refractivity contribution < 1.29 is 0 Å². The second-order valence-corrected chi connectivity index (χ2v) is 3.76. The summed E-state index contributed by atoms with van der Waals surface area (Å²) < 4.78 is 0. The van der Waals surface area contributed by atoms with Crippen LogP contribution in [0.3, 0.4) is 0 Å². The molecule has 0 heterocycles. The first kappa shape index (κ1) is 12.2. The van der Waals surface area contributed by atoms with Crippen molar-refractivity contribution in [3.8, 4) is 6.07 Å². The molecule has 0 amide bonds. The van der Waals surface area contributed by atoms with E-state index in [0.29, 0.717) is 17.8 Å². The van der Waals surface area contributed by atoms with Crippen LogP contribution in [0.1, 0.15) is 12.5 Å². The van der Waals surface area contributed by atoms with E-state index in [2.05, 4.69) is 5.32 Å². The smallest absolute Gasteiger partial charge is 0.116 e. The third-order valence-corrected chi connectivity index (χ3v) is 2.34. The SMILES string of the molecule is C/C(NCc1ccccc1)=C(/C#N)C(N)=S. The zero-order valence-electron chi connectivity index (χ0n) is 9.03. The molecule has 1 aromatic carbocycles. The second-order valence-electron chi connectivity index (χ2n) is 3.32. The van der Waals surface area contributed by atoms with E-state index in [1.54, 1.807) is 6.92 Å². The fourth-order valence-corrected chi connectivity index (χ4v) is 1.44. The van der Waals surface area contributed by atoms with Gasteiger partial charge in [0.05, 0.1) is 0 Å². The van der Waals surface area contributed by atoms with Gasteiger partial charge < -0.3 is 11.1 Å². The number of nitriles is 1. The van der Waals surface area contributed by atoms with Gasteiger partial charge in [0.25, 0.3) is 0 Å². The normalized spacial score (nSPS) is 11.2. The predicted octanol–water partition coefficient (Wildman–Crippen LogP) is 1.86. The van der Waals surface area contributed by atoms with Crippen molar-refractivity contribution in [3.05, 3.63) is 47.2 Å². The number of nitrogens with zero attached hydrogens (tertiary/aromatic N) is 1. The largest absolute Gasteiger partial charge is 0.389 e. The first-order chi connectivity index (χ1) is 7.65. The molecule has 3 nitrogen and oxygen atoms in total. The van der Waals surface area contributed by atoms with Crippen LogP contribution in [0.5, 0.6) is 0 Å². The summed E-state index contributed by atoms with van der Waals surface area (Å²) in [6.45, 7) is 2.45. The van der Waals surface area contributed by atoms with Gasteiger partial charge in [0.2, 0.25) is 0 Å². The van der Waals surface area contributed by atoms with Crippen molar-refractivity contribution >= 4 is 17.2 Å². The van der Waals surface area contributed by atoms with Crippen molar-refractivity contribution in [3.63, 3.8) is 0 Å². The van der Waals surface area contributed by atoms with Gasteiger partial charge in [0, 0.05) is 12.2 Å². The third-order valence-electron chi connectivity index (χ3n) is 2.13. The Morgan fingerprint density at radius 2 is 2.06 bits per heavy atom. The molecule has 0 unspecified atom stereocenters. The molecule has 1 rings (SSSR count). The summed E-state index contributed by atoms with van der Waals surface area (Å²) >= 11 is 4.78. The van der Waals surface area contributed by atoms with Gasteiger partial charge in [-0.2, -0.15) is 5.26 Å². The van der Waals surface area contributed by atoms with Crippen LogP contribution >= 0.6 is 12.2 Å². The molecule has 16 heavy (non-hydrogen) atoms. The topological polar surface area (TPSA) is 61.8 Å². The minimum Gasteiger partial charge on any atom is -0.389 e. The average molecular weight is 231 g/mol. The van der Waals surface area contributed by atoms with E-state index in [0.717, 1.165) is 5.56 Å². The number of allylic oxidation sites excluding steroid dienone is 1. The molecule has 0 saturated heterocycles. The molecule has 0 aliphatic rings. The first-order valence-corrected chi connectivity index (χ1v) is 5.24. The van der Waals surface area contributed by atoms with E-state index in [1.165, 1.54) is 0 Å². The maximum atomic E-state index is 8.85. The Kier molecular flexibility index (Phi) is 4.49. The number of nitrogens with one attached hydrogen (secondary N) is 1. The Labute approximate surface area is 101 Å². The van der Waals surface area contributed by atoms with Crippen molar-refractivity contribution in [2.24, 2.45) is 5.73 Å². The average Bonchev–Trinajstić information content (AvgIpc) is 2.28. The molecule has 0 aliphatic carbocycles. The number of nitrogens with two attached hydrogens (primary N) is 1. The molecule has 82 valence electrons. The van der Waals surface area contributed by atoms with Gasteiger partial charge in [0.1, 0.15) is 16.6 Å². The standard InChI is InChI=1S/C12H13N3S/c1-9(11(7-13)12(14)16)15-8-10-5-3-2-4-6-10/h2-6,15H,8H2,1H3,(H2,14,16)/b11-9+. The highest BCUT2D eigenvalue weighted by atomic mass is 32.1. The summed E-state index contributed by atoms with van der Waals surface area (Å²) in [5, 5.41) is 12.0. The van der Waals surface area contributed by atoms with Gasteiger partial charge in [-0.05, 0) is 12.5 Å². The number of thiocarbonyl (C=S) groups is 1. The van der Waals surface area contributed by atoms with Crippen LogP contribution in [0.15, 0.2) is 41.6 Å². The van der Waals surface area contributed by atoms with Crippen molar-refractivity contribution in [2.45, 2.75) is 13.5 Å². The molecular formula is C12H13N3S. The van der Waals surface area contributed by atoms with Crippen LogP contribution < -0.4 is 11.1 Å². The van der Waals surface area contributed by atoms with Gasteiger partial charge in [-0.25, -0.2) is 0 Å². The molecule has 1 aromatic rings. The summed E-state index contributed by atoms with van der Waals surface area (Å²) in [6.07, 6.45) is 0. The van der Waals surface area contributed by atoms with E-state index in [4.69, 9.17) is 23.2 Å². The molecular weight excluding hydrogens is 218 g/mol. The highest BCUT2D eigenvalue weighted by Crippen LogP contribution is 2.03. The molecule has 3 N–H and O–H groups in total. The Morgan fingerprint density at radius 1 is 1.44 bits per heavy atom. The highest BCUT2D eigenvalue weighted by molar-refractivity contribution is 7.80. The summed E-state index contributed by atoms with van der Waals surface area (Å²) in [4.78, 5) is 0.126. The van der Waals surface area contributed by atoms with E-state index in [9.17, 15) is 0 Å². The Hall–Kier alpha value is -1.86. The van der Waals surface area contributed by atoms with Gasteiger partial charge in [-0.1, -0.05) is 42.5 Å². The molecule has 0 atom stereocenters. The molecule has 0 fully saturated rings. The predicted molar refractivity (Wildman–Crippen MR) is 68.4 cm³/mol. The minimum absolute atomic E-state index is 0.126. The number of hydrogen-bond acceptors (Lipinski definition) is 3. The second kappa shape index (κ2) is 5.89. The monoisotopic (exact) mass is 231 g/mol. The van der Waals surface area contributed by atoms with Gasteiger partial charge in [-0.3, -0.25) is 0 Å². The van der Waals surface area contributed by atoms with Crippen LogP contribution in [0, 0.1) is 11.3 Å². The molecule has 0 bridgehead atoms. The van der Waals surface area contributed by atoms with Crippen molar-refractivity contribution in [2.75, 3.05) is 0 Å². The van der Waals surface area contributed by atoms with Gasteiger partial charge in [-0.15, -0.1) is 0 Å². The minimum atomic E-state index is 0.126. The maximum Gasteiger partial charge on any atom is 0.116 e. The first-order valence-electron chi connectivity index (χ1n) is 4.83. The van der Waals surface area contributed by atoms with E-state index in [-0.39, 0.29) is 4.99 Å². The fraction of sp³-hybridized carbons (Fsp3) is 0.167. The molecule has 0 saturated carbocycles. The summed E-state index contributed by atoms with van der Waals surface area (Å²) in [7, 11) is 0. The lowest BCUT2D eigenvalue weighted by Gasteiger charge is -2.08. The Morgan fingerprint density at radius 3 is 2.56 bits per heavy atom. The number of benzene rings is 1. The summed E-state index contributed by atoms with van der Waals surface area (Å²) in [5.41, 5.74) is 7.62. The van der Waals surface area contributed by atoms with Crippen LogP contribution in [0.2, 0.25) is 0 Å². The van der Waals surface area contributed by atoms with E-state index < -0.39 is 0 Å². The quantitative estimate of drug-likeness (QED) is 0.472. The molecule has 0 aromatic heterocycles. The maximum absolute atomic E-state index is 8.85. The summed E-state index contributed by atoms with van der Waals surface area (Å²) in [6, 6.07) is 11.9. The lowest BCUT2D eigenvalue weighted by molar-refractivity contribution is 0.809. The lowest BCUT2D eigenvalue weighted by atomic mass is 10.2. The highest BCUT2D eigenvalue weighted by Gasteiger charge is 2.04. The van der Waals surface area contributed by atoms with Crippen LogP contribution in [-0.2, 0) is 6.54 Å². The number of hydrogen-bond donors (Lipinski definition) is 2. The van der Waals surface area contributed by atoms with Crippen LogP contribution in [0.4, 0.5) is 0 Å². The van der Waals surface area contributed by atoms with Gasteiger partial charge >= 0.3 is 0 Å². The van der Waals surface area contributed by atoms with Crippen LogP contribution in [0.25, 0.3) is 0 Å². The van der Waals surface area contributed by atoms with E-state index in [1.807, 2.05) is 36.4 Å². The molecule has 0 aliphatic heterocycles. The zero-order valence-corrected chi connectivity index (χ0v) is 9.84. The van der Waals surface area contributed by atoms with Gasteiger partial charge in [0.15, 0.2) is 0 Å². The fourth-order valence-electron chi connectivity index (χ4n) is 1.24. The Balaban J connectivity index is 2.69. The Bertz CT molecular complexity index is 443. The molecule has 4 heteroatoms. The van der Waals surface area contributed by atoms with Crippen LogP contribution in [-0.4, -0.2) is 4.99 Å². The molecule has 0 spiro atoms. The number of rotatable bonds is 4. The van der Waals surface area contributed by atoms with E-state index >= 15 is 0 Å². The third kappa shape index (κ3) is 3.37. The van der Waals surface area contributed by atoms with Crippen molar-refractivity contribution in [1.29, 1.82) is 5.26 Å².